The van der Waals surface area contributed by atoms with E-state index < -0.39 is 0 Å². The molecule has 0 aromatic carbocycles. The summed E-state index contributed by atoms with van der Waals surface area (Å²) in [6.07, 6.45) is 8.85. The second kappa shape index (κ2) is 7.86. The lowest BCUT2D eigenvalue weighted by atomic mass is 10.2. The number of carbonyl (C=O) groups is 2. The summed E-state index contributed by atoms with van der Waals surface area (Å²) in [5, 5.41) is 2.89. The van der Waals surface area contributed by atoms with Crippen molar-refractivity contribution in [3.8, 4) is 0 Å². The van der Waals surface area contributed by atoms with Crippen molar-refractivity contribution in [2.75, 3.05) is 6.54 Å². The van der Waals surface area contributed by atoms with Crippen LogP contribution in [0, 0.1) is 0 Å². The van der Waals surface area contributed by atoms with E-state index in [-0.39, 0.29) is 24.3 Å². The van der Waals surface area contributed by atoms with Gasteiger partial charge in [-0.05, 0) is 18.6 Å². The lowest BCUT2D eigenvalue weighted by Crippen LogP contribution is -2.41. The monoisotopic (exact) mass is 393 g/mol. The minimum atomic E-state index is -0.189. The summed E-state index contributed by atoms with van der Waals surface area (Å²) in [5.74, 6) is 0.581. The number of hydrogen-bond acceptors (Lipinski definition) is 5. The number of carbonyl (C=O) groups excluding carboxylic acids is 2. The van der Waals surface area contributed by atoms with E-state index in [9.17, 15) is 9.59 Å². The van der Waals surface area contributed by atoms with Gasteiger partial charge in [0.15, 0.2) is 0 Å². The predicted molar refractivity (Wildman–Crippen MR) is 105 cm³/mol. The lowest BCUT2D eigenvalue weighted by Gasteiger charge is -2.33. The zero-order valence-electron chi connectivity index (χ0n) is 16.4. The van der Waals surface area contributed by atoms with Crippen LogP contribution >= 0.6 is 0 Å². The van der Waals surface area contributed by atoms with Gasteiger partial charge in [0, 0.05) is 51.5 Å². The molecule has 0 saturated heterocycles. The van der Waals surface area contributed by atoms with E-state index in [0.717, 1.165) is 11.4 Å². The molecular weight excluding hydrogens is 370 g/mol. The van der Waals surface area contributed by atoms with Crippen LogP contribution in [-0.4, -0.2) is 47.3 Å². The Bertz CT molecular complexity index is 1020. The van der Waals surface area contributed by atoms with Crippen LogP contribution < -0.4 is 5.32 Å². The minimum Gasteiger partial charge on any atom is -0.352 e. The average molecular weight is 393 g/mol. The molecule has 0 radical (unpaired) electrons. The van der Waals surface area contributed by atoms with Crippen LogP contribution in [0.5, 0.6) is 0 Å². The highest BCUT2D eigenvalue weighted by Gasteiger charge is 2.31. The van der Waals surface area contributed by atoms with Crippen LogP contribution in [0.25, 0.3) is 0 Å². The summed E-state index contributed by atoms with van der Waals surface area (Å²) in [6.45, 7) is 3.60. The molecule has 0 aliphatic carbocycles. The zero-order chi connectivity index (χ0) is 20.4. The molecule has 2 amide bonds. The van der Waals surface area contributed by atoms with Crippen molar-refractivity contribution < 1.29 is 9.59 Å². The fourth-order valence-electron chi connectivity index (χ4n) is 3.51. The molecule has 0 fully saturated rings. The first kappa shape index (κ1) is 18.9. The van der Waals surface area contributed by atoms with Gasteiger partial charge in [-0.2, -0.15) is 0 Å². The number of nitrogens with one attached hydrogen (secondary N) is 1. The topological polar surface area (TPSA) is 97.9 Å². The third-order valence-corrected chi connectivity index (χ3v) is 5.02. The summed E-state index contributed by atoms with van der Waals surface area (Å²) in [5.41, 5.74) is 2.07. The first-order chi connectivity index (χ1) is 14.0. The number of aryl methyl sites for hydroxylation is 1. The number of hydrogen-bond donors (Lipinski definition) is 1. The van der Waals surface area contributed by atoms with Crippen molar-refractivity contribution in [3.05, 3.63) is 66.0 Å². The number of rotatable bonds is 5. The molecule has 3 aromatic heterocycles. The third kappa shape index (κ3) is 4.03. The van der Waals surface area contributed by atoms with Gasteiger partial charge in [-0.15, -0.1) is 0 Å². The summed E-state index contributed by atoms with van der Waals surface area (Å²) in [4.78, 5) is 39.7. The van der Waals surface area contributed by atoms with Gasteiger partial charge in [-0.1, -0.05) is 6.07 Å². The quantitative estimate of drug-likeness (QED) is 0.700. The van der Waals surface area contributed by atoms with Gasteiger partial charge in [0.25, 0.3) is 5.91 Å². The number of pyridine rings is 1. The van der Waals surface area contributed by atoms with E-state index in [4.69, 9.17) is 0 Å². The fraction of sp³-hybridized carbons (Fsp3) is 0.350. The van der Waals surface area contributed by atoms with Crippen LogP contribution in [-0.2, 0) is 31.4 Å². The van der Waals surface area contributed by atoms with E-state index in [1.165, 1.54) is 0 Å². The molecule has 4 rings (SSSR count). The predicted octanol–water partition coefficient (Wildman–Crippen LogP) is 1.09. The lowest BCUT2D eigenvalue weighted by molar-refractivity contribution is -0.120. The standard InChI is InChI=1S/C20H23N7O2/c1-14-19-24-16(8-18(28)22-10-15-4-3-5-21-9-15)11-26(19)6-7-27(14)20(29)17-12-25(2)13-23-17/h3-5,9,11-14H,6-8,10H2,1-2H3,(H,22,28). The second-order valence-electron chi connectivity index (χ2n) is 7.20. The molecule has 0 saturated carbocycles. The average Bonchev–Trinajstić information content (AvgIpc) is 3.33. The highest BCUT2D eigenvalue weighted by Crippen LogP contribution is 2.26. The Morgan fingerprint density at radius 2 is 2.14 bits per heavy atom. The van der Waals surface area contributed by atoms with Crippen LogP contribution in [0.3, 0.4) is 0 Å². The van der Waals surface area contributed by atoms with Gasteiger partial charge >= 0.3 is 0 Å². The maximum absolute atomic E-state index is 12.8. The highest BCUT2D eigenvalue weighted by atomic mass is 16.2. The van der Waals surface area contributed by atoms with Crippen LogP contribution in [0.15, 0.2) is 43.2 Å². The van der Waals surface area contributed by atoms with Crippen molar-refractivity contribution in [1.82, 2.24) is 34.3 Å². The van der Waals surface area contributed by atoms with E-state index in [2.05, 4.69) is 20.3 Å². The van der Waals surface area contributed by atoms with Crippen LogP contribution in [0.4, 0.5) is 0 Å². The summed E-state index contributed by atoms with van der Waals surface area (Å²) in [6, 6.07) is 3.56. The van der Waals surface area contributed by atoms with E-state index in [1.807, 2.05) is 36.9 Å². The Kier molecular flexibility index (Phi) is 5.11. The Hall–Kier alpha value is -3.49. The highest BCUT2D eigenvalue weighted by molar-refractivity contribution is 5.92. The van der Waals surface area contributed by atoms with Crippen molar-refractivity contribution in [2.24, 2.45) is 7.05 Å². The molecule has 1 N–H and O–H groups in total. The van der Waals surface area contributed by atoms with Gasteiger partial charge in [0.2, 0.25) is 5.91 Å². The maximum atomic E-state index is 12.8. The number of amides is 2. The molecule has 1 aliphatic rings. The molecule has 4 heterocycles. The van der Waals surface area contributed by atoms with Gasteiger partial charge < -0.3 is 19.4 Å². The molecule has 9 heteroatoms. The van der Waals surface area contributed by atoms with E-state index >= 15 is 0 Å². The van der Waals surface area contributed by atoms with Gasteiger partial charge in [-0.3, -0.25) is 14.6 Å². The number of nitrogens with zero attached hydrogens (tertiary/aromatic N) is 6. The summed E-state index contributed by atoms with van der Waals surface area (Å²) < 4.78 is 3.78. The van der Waals surface area contributed by atoms with Crippen molar-refractivity contribution >= 4 is 11.8 Å². The van der Waals surface area contributed by atoms with Gasteiger partial charge in [0.1, 0.15) is 11.5 Å². The molecular formula is C20H23N7O2. The molecule has 1 aliphatic heterocycles. The minimum absolute atomic E-state index is 0.0987. The Morgan fingerprint density at radius 3 is 2.86 bits per heavy atom. The summed E-state index contributed by atoms with van der Waals surface area (Å²) >= 11 is 0. The molecule has 150 valence electrons. The largest absolute Gasteiger partial charge is 0.352 e. The number of fused-ring (bicyclic) bond motifs is 1. The molecule has 1 unspecified atom stereocenters. The molecule has 1 atom stereocenters. The second-order valence-corrected chi connectivity index (χ2v) is 7.20. The SMILES string of the molecule is CC1c2nc(CC(=O)NCc3cccnc3)cn2CCN1C(=O)c1cn(C)cn1. The first-order valence-corrected chi connectivity index (χ1v) is 9.51. The van der Waals surface area contributed by atoms with Crippen molar-refractivity contribution in [3.63, 3.8) is 0 Å². The zero-order valence-corrected chi connectivity index (χ0v) is 16.4. The van der Waals surface area contributed by atoms with Gasteiger partial charge in [-0.25, -0.2) is 9.97 Å². The van der Waals surface area contributed by atoms with E-state index in [0.29, 0.717) is 31.0 Å². The molecule has 0 spiro atoms. The van der Waals surface area contributed by atoms with Gasteiger partial charge in [0.05, 0.1) is 24.5 Å². The molecule has 3 aromatic rings. The van der Waals surface area contributed by atoms with Crippen LogP contribution in [0.1, 0.15) is 40.5 Å². The Balaban J connectivity index is 1.41. The maximum Gasteiger partial charge on any atom is 0.274 e. The fourth-order valence-corrected chi connectivity index (χ4v) is 3.51. The molecule has 0 bridgehead atoms. The smallest absolute Gasteiger partial charge is 0.274 e. The molecule has 29 heavy (non-hydrogen) atoms. The number of imidazole rings is 2. The normalized spacial score (nSPS) is 15.8. The van der Waals surface area contributed by atoms with Crippen LogP contribution in [0.2, 0.25) is 0 Å². The summed E-state index contributed by atoms with van der Waals surface area (Å²) in [7, 11) is 1.84. The first-order valence-electron chi connectivity index (χ1n) is 9.51. The molecule has 9 nitrogen and oxygen atoms in total. The third-order valence-electron chi connectivity index (χ3n) is 5.02. The Labute approximate surface area is 168 Å². The van der Waals surface area contributed by atoms with Crippen molar-refractivity contribution in [1.29, 1.82) is 0 Å². The Morgan fingerprint density at radius 1 is 1.28 bits per heavy atom. The van der Waals surface area contributed by atoms with Crippen molar-refractivity contribution in [2.45, 2.75) is 32.5 Å². The number of aromatic nitrogens is 5. The van der Waals surface area contributed by atoms with E-state index in [1.54, 1.807) is 34.4 Å².